The molecule has 0 N–H and O–H groups in total. The predicted molar refractivity (Wildman–Crippen MR) is 67.1 cm³/mol. The number of rotatable bonds is 1. The first-order valence-electron chi connectivity index (χ1n) is 5.44. The molecule has 0 aliphatic carbocycles. The number of fused-ring (bicyclic) bond motifs is 1. The van der Waals surface area contributed by atoms with Gasteiger partial charge in [0.15, 0.2) is 0 Å². The topological polar surface area (TPSA) is 12.9 Å². The Kier molecular flexibility index (Phi) is 2.33. The van der Waals surface area contributed by atoms with Crippen molar-refractivity contribution in [1.82, 2.24) is 4.98 Å². The van der Waals surface area contributed by atoms with Crippen LogP contribution < -0.4 is 0 Å². The average Bonchev–Trinajstić information content (AvgIpc) is 2.39. The molecule has 0 fully saturated rings. The molecule has 1 heterocycles. The Morgan fingerprint density at radius 2 is 1.59 bits per heavy atom. The number of benzene rings is 2. The van der Waals surface area contributed by atoms with Gasteiger partial charge in [0.2, 0.25) is 0 Å². The van der Waals surface area contributed by atoms with E-state index in [1.54, 1.807) is 18.3 Å². The molecular weight excluding hydrogens is 212 g/mol. The van der Waals surface area contributed by atoms with Crippen LogP contribution in [-0.2, 0) is 0 Å². The lowest BCUT2D eigenvalue weighted by Gasteiger charge is -2.05. The number of nitrogens with zero attached hydrogens (tertiary/aromatic N) is 1. The standard InChI is InChI=1S/C15H10FN/c16-12-7-5-11(6-8-12)13-9-10-17-15-4-2-1-3-14(13)15/h1-10H/i16-1. The van der Waals surface area contributed by atoms with Gasteiger partial charge in [-0.3, -0.25) is 4.98 Å². The number of hydrogen-bond acceptors (Lipinski definition) is 1. The fourth-order valence-electron chi connectivity index (χ4n) is 1.98. The lowest BCUT2D eigenvalue weighted by atomic mass is 10.0. The maximum absolute atomic E-state index is 12.9. The van der Waals surface area contributed by atoms with Gasteiger partial charge < -0.3 is 0 Å². The number of halogens is 1. The van der Waals surface area contributed by atoms with Gasteiger partial charge in [0.05, 0.1) is 5.52 Å². The third-order valence-corrected chi connectivity index (χ3v) is 2.80. The quantitative estimate of drug-likeness (QED) is 0.605. The maximum atomic E-state index is 12.9. The summed E-state index contributed by atoms with van der Waals surface area (Å²) in [5.74, 6) is -0.216. The van der Waals surface area contributed by atoms with E-state index in [4.69, 9.17) is 0 Å². The lowest BCUT2D eigenvalue weighted by Crippen LogP contribution is -1.84. The van der Waals surface area contributed by atoms with Crippen LogP contribution >= 0.6 is 0 Å². The molecule has 0 aliphatic rings. The number of aromatic nitrogens is 1. The number of hydrogen-bond donors (Lipinski definition) is 0. The van der Waals surface area contributed by atoms with Crippen LogP contribution in [0.2, 0.25) is 0 Å². The van der Waals surface area contributed by atoms with E-state index in [2.05, 4.69) is 4.98 Å². The van der Waals surface area contributed by atoms with Crippen LogP contribution in [0.4, 0.5) is 4.39 Å². The smallest absolute Gasteiger partial charge is 0.123 e. The van der Waals surface area contributed by atoms with Gasteiger partial charge in [-0.2, -0.15) is 0 Å². The first-order valence-corrected chi connectivity index (χ1v) is 5.44. The van der Waals surface area contributed by atoms with Gasteiger partial charge in [-0.1, -0.05) is 30.3 Å². The molecule has 82 valence electrons. The van der Waals surface area contributed by atoms with Gasteiger partial charge in [0.25, 0.3) is 0 Å². The molecule has 0 atom stereocenters. The average molecular weight is 222 g/mol. The van der Waals surface area contributed by atoms with E-state index in [9.17, 15) is 4.39 Å². The van der Waals surface area contributed by atoms with E-state index in [0.717, 1.165) is 22.0 Å². The molecule has 0 amide bonds. The van der Waals surface area contributed by atoms with Crippen LogP contribution in [0.5, 0.6) is 0 Å². The molecule has 3 aromatic rings. The summed E-state index contributed by atoms with van der Waals surface area (Å²) in [6.45, 7) is 0. The number of pyridine rings is 1. The van der Waals surface area contributed by atoms with E-state index < -0.39 is 0 Å². The van der Waals surface area contributed by atoms with E-state index in [0.29, 0.717) is 0 Å². The summed E-state index contributed by atoms with van der Waals surface area (Å²) in [6, 6.07) is 16.4. The van der Waals surface area contributed by atoms with Gasteiger partial charge >= 0.3 is 0 Å². The largest absolute Gasteiger partial charge is 0.256 e. The third-order valence-electron chi connectivity index (χ3n) is 2.80. The Labute approximate surface area is 98.6 Å². The summed E-state index contributed by atoms with van der Waals surface area (Å²) in [7, 11) is 0. The molecule has 0 radical (unpaired) electrons. The van der Waals surface area contributed by atoms with Crippen molar-refractivity contribution < 1.29 is 4.39 Å². The Balaban J connectivity index is 2.27. The monoisotopic (exact) mass is 222 g/mol. The zero-order chi connectivity index (χ0) is 11.7. The zero-order valence-electron chi connectivity index (χ0n) is 9.10. The fraction of sp³-hybridized carbons (Fsp3) is 0. The van der Waals surface area contributed by atoms with Crippen molar-refractivity contribution >= 4 is 10.9 Å². The van der Waals surface area contributed by atoms with Crippen LogP contribution in [0.3, 0.4) is 0 Å². The summed E-state index contributed by atoms with van der Waals surface area (Å²) in [6.07, 6.45) is 1.78. The molecule has 0 spiro atoms. The highest BCUT2D eigenvalue weighted by Gasteiger charge is 2.03. The minimum absolute atomic E-state index is 0.216. The van der Waals surface area contributed by atoms with E-state index in [-0.39, 0.29) is 5.82 Å². The second-order valence-electron chi connectivity index (χ2n) is 3.88. The molecule has 2 aromatic carbocycles. The number of para-hydroxylation sites is 1. The Bertz CT molecular complexity index is 654. The molecule has 1 nitrogen and oxygen atoms in total. The van der Waals surface area contributed by atoms with Gasteiger partial charge in [-0.25, -0.2) is 4.39 Å². The SMILES string of the molecule is [18F]c1ccc(-c2ccnc3ccccc23)cc1. The van der Waals surface area contributed by atoms with E-state index in [1.165, 1.54) is 12.1 Å². The van der Waals surface area contributed by atoms with Crippen molar-refractivity contribution in [3.05, 3.63) is 66.6 Å². The molecule has 0 unspecified atom stereocenters. The molecule has 0 saturated carbocycles. The van der Waals surface area contributed by atoms with Gasteiger partial charge in [0.1, 0.15) is 5.82 Å². The van der Waals surface area contributed by atoms with Gasteiger partial charge in [0, 0.05) is 11.6 Å². The highest BCUT2D eigenvalue weighted by atomic mass is 18.2. The molecule has 2 heteroatoms. The van der Waals surface area contributed by atoms with E-state index >= 15 is 0 Å². The minimum atomic E-state index is -0.216. The minimum Gasteiger partial charge on any atom is -0.256 e. The van der Waals surface area contributed by atoms with Crippen LogP contribution in [0.15, 0.2) is 60.8 Å². The Morgan fingerprint density at radius 3 is 2.41 bits per heavy atom. The van der Waals surface area contributed by atoms with Crippen LogP contribution in [0.25, 0.3) is 22.0 Å². The molecule has 0 bridgehead atoms. The molecular formula is C15H10FN. The maximum Gasteiger partial charge on any atom is 0.123 e. The Morgan fingerprint density at radius 1 is 0.824 bits per heavy atom. The normalized spacial score (nSPS) is 10.6. The summed E-state index contributed by atoms with van der Waals surface area (Å²) in [4.78, 5) is 4.31. The summed E-state index contributed by atoms with van der Waals surface area (Å²) >= 11 is 0. The van der Waals surface area contributed by atoms with Gasteiger partial charge in [-0.15, -0.1) is 0 Å². The molecule has 1 aromatic heterocycles. The first kappa shape index (κ1) is 9.97. The predicted octanol–water partition coefficient (Wildman–Crippen LogP) is 4.04. The van der Waals surface area contributed by atoms with Crippen LogP contribution in [-0.4, -0.2) is 4.98 Å². The van der Waals surface area contributed by atoms with Gasteiger partial charge in [-0.05, 0) is 35.4 Å². The highest BCUT2D eigenvalue weighted by Crippen LogP contribution is 2.27. The van der Waals surface area contributed by atoms with Crippen molar-refractivity contribution in [2.24, 2.45) is 0 Å². The van der Waals surface area contributed by atoms with Crippen molar-refractivity contribution in [3.63, 3.8) is 0 Å². The fourth-order valence-corrected chi connectivity index (χ4v) is 1.98. The van der Waals surface area contributed by atoms with E-state index in [1.807, 2.05) is 30.3 Å². The van der Waals surface area contributed by atoms with Crippen molar-refractivity contribution in [3.8, 4) is 11.1 Å². The summed E-state index contributed by atoms with van der Waals surface area (Å²) < 4.78 is 12.9. The Hall–Kier alpha value is -2.22. The lowest BCUT2D eigenvalue weighted by molar-refractivity contribution is 0.628. The summed E-state index contributed by atoms with van der Waals surface area (Å²) in [5, 5.41) is 1.08. The zero-order valence-corrected chi connectivity index (χ0v) is 9.10. The highest BCUT2D eigenvalue weighted by molar-refractivity contribution is 5.94. The van der Waals surface area contributed by atoms with Crippen LogP contribution in [0.1, 0.15) is 0 Å². The van der Waals surface area contributed by atoms with Crippen molar-refractivity contribution in [2.45, 2.75) is 0 Å². The molecule has 0 saturated heterocycles. The van der Waals surface area contributed by atoms with Crippen molar-refractivity contribution in [1.29, 1.82) is 0 Å². The first-order chi connectivity index (χ1) is 8.34. The third kappa shape index (κ3) is 1.78. The summed E-state index contributed by atoms with van der Waals surface area (Å²) in [5.41, 5.74) is 3.04. The second kappa shape index (κ2) is 3.98. The van der Waals surface area contributed by atoms with Crippen molar-refractivity contribution in [2.75, 3.05) is 0 Å². The molecule has 0 aliphatic heterocycles. The second-order valence-corrected chi connectivity index (χ2v) is 3.88. The van der Waals surface area contributed by atoms with Crippen LogP contribution in [0, 0.1) is 5.82 Å². The molecule has 17 heavy (non-hydrogen) atoms. The molecule has 3 rings (SSSR count).